The standard InChI is InChI=1S/C60H51N7O9/c1-7-22-71-52-31-49(32-53(37-52)72-23-8-2)64-58(68)61-46-19-13-16-43(28-46)40-67(41-44-17-14-20-47(29-44)62-59(69)65-50-33-54(73-24-9-3)38-55(34-50)74-25-10-4)42-45-18-15-21-48(30-45)63-60(70)66-51-35-56(75-26-11-5)39-57(36-51)76-27-12-6/h1-6,13-21,28-39H,22-27,40-42H2,(H2,61,64,68)(H2,62,65,69)(H2,63,66,70). The highest BCUT2D eigenvalue weighted by Crippen LogP contribution is 2.30. The van der Waals surface area contributed by atoms with Crippen LogP contribution in [0.3, 0.4) is 0 Å². The predicted octanol–water partition coefficient (Wildman–Crippen LogP) is 9.89. The van der Waals surface area contributed by atoms with Gasteiger partial charge in [-0.3, -0.25) is 4.90 Å². The summed E-state index contributed by atoms with van der Waals surface area (Å²) >= 11 is 0. The Kier molecular flexibility index (Phi) is 20.8. The minimum atomic E-state index is -0.530. The van der Waals surface area contributed by atoms with Crippen molar-refractivity contribution in [2.45, 2.75) is 19.6 Å². The lowest BCUT2D eigenvalue weighted by Crippen LogP contribution is -2.24. The zero-order valence-electron chi connectivity index (χ0n) is 41.1. The largest absolute Gasteiger partial charge is 0.481 e. The monoisotopic (exact) mass is 1010 g/mol. The molecule has 0 radical (unpaired) electrons. The highest BCUT2D eigenvalue weighted by Gasteiger charge is 2.15. The van der Waals surface area contributed by atoms with Crippen LogP contribution in [-0.2, 0) is 19.6 Å². The van der Waals surface area contributed by atoms with Crippen LogP contribution in [0.4, 0.5) is 48.5 Å². The first-order valence-electron chi connectivity index (χ1n) is 23.1. The molecule has 0 bridgehead atoms. The summed E-state index contributed by atoms with van der Waals surface area (Å²) in [7, 11) is 0. The maximum absolute atomic E-state index is 13.4. The summed E-state index contributed by atoms with van der Waals surface area (Å²) in [5.74, 6) is 16.7. The summed E-state index contributed by atoms with van der Waals surface area (Å²) in [6.45, 7) is 1.22. The molecule has 0 atom stereocenters. The fourth-order valence-electron chi connectivity index (χ4n) is 7.25. The van der Waals surface area contributed by atoms with Crippen molar-refractivity contribution in [1.82, 2.24) is 4.90 Å². The fraction of sp³-hybridized carbons (Fsp3) is 0.150. The van der Waals surface area contributed by atoms with E-state index in [0.29, 0.717) is 88.3 Å². The zero-order valence-corrected chi connectivity index (χ0v) is 41.1. The van der Waals surface area contributed by atoms with Crippen LogP contribution in [-0.4, -0.2) is 62.6 Å². The van der Waals surface area contributed by atoms with Crippen molar-refractivity contribution >= 4 is 52.2 Å². The maximum Gasteiger partial charge on any atom is 0.323 e. The number of nitrogens with zero attached hydrogens (tertiary/aromatic N) is 1. The molecule has 0 fully saturated rings. The highest BCUT2D eigenvalue weighted by molar-refractivity contribution is 6.01. The third-order valence-corrected chi connectivity index (χ3v) is 10.1. The number of terminal acetylenes is 6. The van der Waals surface area contributed by atoms with E-state index < -0.39 is 18.1 Å². The van der Waals surface area contributed by atoms with Crippen molar-refractivity contribution < 1.29 is 42.8 Å². The zero-order chi connectivity index (χ0) is 53.9. The van der Waals surface area contributed by atoms with Gasteiger partial charge in [0.25, 0.3) is 0 Å². The molecule has 0 saturated heterocycles. The quantitative estimate of drug-likeness (QED) is 0.0320. The number of amides is 6. The number of urea groups is 3. The van der Waals surface area contributed by atoms with E-state index in [2.05, 4.69) is 72.3 Å². The van der Waals surface area contributed by atoms with Gasteiger partial charge in [0.1, 0.15) is 74.1 Å². The van der Waals surface area contributed by atoms with Gasteiger partial charge in [-0.15, -0.1) is 38.5 Å². The second kappa shape index (κ2) is 28.9. The summed E-state index contributed by atoms with van der Waals surface area (Å²) in [5.41, 5.74) is 5.24. The summed E-state index contributed by atoms with van der Waals surface area (Å²) in [6, 6.07) is 35.1. The second-order valence-corrected chi connectivity index (χ2v) is 16.0. The number of hydrogen-bond acceptors (Lipinski definition) is 10. The topological polar surface area (TPSA) is 182 Å². The van der Waals surface area contributed by atoms with Crippen molar-refractivity contribution in [2.75, 3.05) is 71.5 Å². The van der Waals surface area contributed by atoms with Crippen molar-refractivity contribution in [1.29, 1.82) is 0 Å². The molecule has 16 heteroatoms. The lowest BCUT2D eigenvalue weighted by atomic mass is 10.1. The molecule has 6 amide bonds. The molecule has 380 valence electrons. The van der Waals surface area contributed by atoms with E-state index in [1.54, 1.807) is 72.8 Å². The number of anilines is 6. The summed E-state index contributed by atoms with van der Waals surface area (Å²) < 4.78 is 33.5. The van der Waals surface area contributed by atoms with Crippen LogP contribution in [0, 0.1) is 74.1 Å². The van der Waals surface area contributed by atoms with Gasteiger partial charge in [-0.2, -0.15) is 0 Å². The molecule has 76 heavy (non-hydrogen) atoms. The molecular formula is C60H51N7O9. The molecule has 16 nitrogen and oxygen atoms in total. The van der Waals surface area contributed by atoms with E-state index in [1.807, 2.05) is 54.6 Å². The van der Waals surface area contributed by atoms with Gasteiger partial charge < -0.3 is 60.3 Å². The van der Waals surface area contributed by atoms with Gasteiger partial charge in [-0.25, -0.2) is 14.4 Å². The first-order valence-corrected chi connectivity index (χ1v) is 23.1. The van der Waals surface area contributed by atoms with Gasteiger partial charge in [0.2, 0.25) is 0 Å². The molecule has 6 N–H and O–H groups in total. The van der Waals surface area contributed by atoms with E-state index in [4.69, 9.17) is 67.0 Å². The predicted molar refractivity (Wildman–Crippen MR) is 295 cm³/mol. The number of hydrogen-bond donors (Lipinski definition) is 6. The average molecular weight is 1010 g/mol. The SMILES string of the molecule is C#CCOc1cc(NC(=O)Nc2cccc(CN(Cc3cccc(NC(=O)Nc4cc(OCC#C)cc(OCC#C)c4)c3)Cc3cccc(NC(=O)Nc4cc(OCC#C)cc(OCC#C)c4)c3)c2)cc(OCC#C)c1. The molecule has 0 aliphatic carbocycles. The number of rotatable bonds is 24. The summed E-state index contributed by atoms with van der Waals surface area (Å²) in [6.07, 6.45) is 32.3. The molecule has 0 unspecified atom stereocenters. The van der Waals surface area contributed by atoms with Gasteiger partial charge in [0, 0.05) is 108 Å². The van der Waals surface area contributed by atoms with Crippen LogP contribution in [0.15, 0.2) is 127 Å². The normalized spacial score (nSPS) is 9.99. The highest BCUT2D eigenvalue weighted by atomic mass is 16.5. The molecule has 0 aliphatic rings. The Balaban J connectivity index is 1.20. The molecule has 6 aromatic rings. The van der Waals surface area contributed by atoms with Crippen LogP contribution < -0.4 is 60.3 Å². The summed E-state index contributed by atoms with van der Waals surface area (Å²) in [4.78, 5) is 42.3. The number of nitrogens with one attached hydrogen (secondary N) is 6. The molecule has 0 spiro atoms. The fourth-order valence-corrected chi connectivity index (χ4v) is 7.25. The molecule has 6 aromatic carbocycles. The van der Waals surface area contributed by atoms with Crippen LogP contribution in [0.1, 0.15) is 16.7 Å². The molecule has 0 heterocycles. The maximum atomic E-state index is 13.4. The van der Waals surface area contributed by atoms with E-state index in [9.17, 15) is 14.4 Å². The molecule has 0 aromatic heterocycles. The Morgan fingerprint density at radius 2 is 0.553 bits per heavy atom. The molecular weight excluding hydrogens is 963 g/mol. The van der Waals surface area contributed by atoms with Crippen molar-refractivity contribution in [3.63, 3.8) is 0 Å². The van der Waals surface area contributed by atoms with E-state index >= 15 is 0 Å². The third-order valence-electron chi connectivity index (χ3n) is 10.1. The number of benzene rings is 6. The van der Waals surface area contributed by atoms with Crippen LogP contribution >= 0.6 is 0 Å². The lowest BCUT2D eigenvalue weighted by molar-refractivity contribution is 0.248. The minimum absolute atomic E-state index is 0.00720. The van der Waals surface area contributed by atoms with Crippen molar-refractivity contribution in [3.8, 4) is 109 Å². The molecule has 0 aliphatic heterocycles. The summed E-state index contributed by atoms with van der Waals surface area (Å²) in [5, 5.41) is 17.1. The Morgan fingerprint density at radius 3 is 0.776 bits per heavy atom. The smallest absolute Gasteiger partial charge is 0.323 e. The van der Waals surface area contributed by atoms with Crippen LogP contribution in [0.5, 0.6) is 34.5 Å². The van der Waals surface area contributed by atoms with Gasteiger partial charge >= 0.3 is 18.1 Å². The van der Waals surface area contributed by atoms with Gasteiger partial charge in [0.05, 0.1) is 0 Å². The Hall–Kier alpha value is -10.8. The van der Waals surface area contributed by atoms with E-state index in [1.165, 1.54) is 0 Å². The lowest BCUT2D eigenvalue weighted by Gasteiger charge is -2.24. The first-order chi connectivity index (χ1) is 37.0. The third kappa shape index (κ3) is 18.5. The Morgan fingerprint density at radius 1 is 0.329 bits per heavy atom. The van der Waals surface area contributed by atoms with Crippen molar-refractivity contribution in [2.24, 2.45) is 0 Å². The number of carbonyl (C=O) groups excluding carboxylic acids is 3. The first kappa shape index (κ1) is 54.6. The number of ether oxygens (including phenoxy) is 6. The number of carbonyl (C=O) groups is 3. The van der Waals surface area contributed by atoms with Gasteiger partial charge in [0.15, 0.2) is 0 Å². The van der Waals surface area contributed by atoms with Gasteiger partial charge in [-0.05, 0) is 53.1 Å². The van der Waals surface area contributed by atoms with E-state index in [0.717, 1.165) is 16.7 Å². The molecule has 6 rings (SSSR count). The molecule has 0 saturated carbocycles. The minimum Gasteiger partial charge on any atom is -0.481 e. The van der Waals surface area contributed by atoms with Crippen molar-refractivity contribution in [3.05, 3.63) is 144 Å². The van der Waals surface area contributed by atoms with Crippen LogP contribution in [0.2, 0.25) is 0 Å². The van der Waals surface area contributed by atoms with Gasteiger partial charge in [-0.1, -0.05) is 71.9 Å². The second-order valence-electron chi connectivity index (χ2n) is 16.0. The van der Waals surface area contributed by atoms with E-state index in [-0.39, 0.29) is 39.6 Å². The average Bonchev–Trinajstić information content (AvgIpc) is 3.39. The Bertz CT molecular complexity index is 2830. The Labute approximate surface area is 442 Å². The van der Waals surface area contributed by atoms with Crippen LogP contribution in [0.25, 0.3) is 0 Å².